The zero-order chi connectivity index (χ0) is 15.4. The minimum Gasteiger partial charge on any atom is -0.504 e. The standard InChI is InChI=1S/C17H29NO2/c1-7-20-15-10-13(8-9-14(15)19)11-18-17(5,6)12-16(2,3)4/h8-10,18-19H,7,11-12H2,1-6H3. The number of hydrogen-bond acceptors (Lipinski definition) is 3. The quantitative estimate of drug-likeness (QED) is 0.824. The van der Waals surface area contributed by atoms with E-state index >= 15 is 0 Å². The fourth-order valence-corrected chi connectivity index (χ4v) is 2.67. The van der Waals surface area contributed by atoms with Gasteiger partial charge in [0.2, 0.25) is 0 Å². The molecule has 0 radical (unpaired) electrons. The molecule has 0 aromatic heterocycles. The molecule has 0 aliphatic heterocycles. The van der Waals surface area contributed by atoms with E-state index in [9.17, 15) is 5.11 Å². The van der Waals surface area contributed by atoms with Crippen molar-refractivity contribution in [1.82, 2.24) is 5.32 Å². The van der Waals surface area contributed by atoms with Crippen LogP contribution in [0.5, 0.6) is 11.5 Å². The number of nitrogens with one attached hydrogen (secondary N) is 1. The molecule has 20 heavy (non-hydrogen) atoms. The molecule has 0 atom stereocenters. The number of benzene rings is 1. The highest BCUT2D eigenvalue weighted by atomic mass is 16.5. The summed E-state index contributed by atoms with van der Waals surface area (Å²) < 4.78 is 5.41. The van der Waals surface area contributed by atoms with Crippen LogP contribution >= 0.6 is 0 Å². The average molecular weight is 279 g/mol. The summed E-state index contributed by atoms with van der Waals surface area (Å²) in [4.78, 5) is 0. The van der Waals surface area contributed by atoms with Crippen molar-refractivity contribution in [2.75, 3.05) is 6.61 Å². The molecule has 1 aromatic rings. The third-order valence-electron chi connectivity index (χ3n) is 3.07. The minimum atomic E-state index is 0.0713. The Labute approximate surface area is 123 Å². The molecule has 0 fully saturated rings. The van der Waals surface area contributed by atoms with Crippen LogP contribution in [0, 0.1) is 5.41 Å². The molecule has 1 rings (SSSR count). The summed E-state index contributed by atoms with van der Waals surface area (Å²) in [6, 6.07) is 5.52. The van der Waals surface area contributed by atoms with Gasteiger partial charge in [0.1, 0.15) is 0 Å². The summed E-state index contributed by atoms with van der Waals surface area (Å²) in [5.74, 6) is 0.755. The van der Waals surface area contributed by atoms with Crippen LogP contribution in [0.25, 0.3) is 0 Å². The Morgan fingerprint density at radius 3 is 2.35 bits per heavy atom. The molecule has 0 saturated carbocycles. The van der Waals surface area contributed by atoms with Crippen molar-refractivity contribution in [3.05, 3.63) is 23.8 Å². The first-order chi connectivity index (χ1) is 9.13. The van der Waals surface area contributed by atoms with Gasteiger partial charge in [-0.2, -0.15) is 0 Å². The van der Waals surface area contributed by atoms with Crippen molar-refractivity contribution in [3.63, 3.8) is 0 Å². The SMILES string of the molecule is CCOc1cc(CNC(C)(C)CC(C)(C)C)ccc1O. The van der Waals surface area contributed by atoms with Gasteiger partial charge < -0.3 is 15.2 Å². The summed E-state index contributed by atoms with van der Waals surface area (Å²) in [5.41, 5.74) is 1.48. The third kappa shape index (κ3) is 5.83. The first-order valence-electron chi connectivity index (χ1n) is 7.33. The van der Waals surface area contributed by atoms with Gasteiger partial charge in [-0.05, 0) is 50.3 Å². The Morgan fingerprint density at radius 1 is 1.15 bits per heavy atom. The molecule has 114 valence electrons. The van der Waals surface area contributed by atoms with Crippen molar-refractivity contribution in [2.24, 2.45) is 5.41 Å². The summed E-state index contributed by atoms with van der Waals surface area (Å²) in [5, 5.41) is 13.3. The summed E-state index contributed by atoms with van der Waals surface area (Å²) in [7, 11) is 0. The molecule has 0 spiro atoms. The number of ether oxygens (including phenoxy) is 1. The predicted octanol–water partition coefficient (Wildman–Crippen LogP) is 4.10. The Balaban J connectivity index is 2.67. The largest absolute Gasteiger partial charge is 0.504 e. The molecule has 0 unspecified atom stereocenters. The van der Waals surface area contributed by atoms with Gasteiger partial charge in [-0.25, -0.2) is 0 Å². The van der Waals surface area contributed by atoms with Gasteiger partial charge in [-0.3, -0.25) is 0 Å². The van der Waals surface area contributed by atoms with Crippen LogP contribution in [0.4, 0.5) is 0 Å². The van der Waals surface area contributed by atoms with Crippen LogP contribution < -0.4 is 10.1 Å². The van der Waals surface area contributed by atoms with E-state index in [-0.39, 0.29) is 11.3 Å². The minimum absolute atomic E-state index is 0.0713. The van der Waals surface area contributed by atoms with E-state index in [4.69, 9.17) is 4.74 Å². The van der Waals surface area contributed by atoms with Gasteiger partial charge in [0, 0.05) is 12.1 Å². The molecule has 2 N–H and O–H groups in total. The van der Waals surface area contributed by atoms with Crippen molar-refractivity contribution in [2.45, 2.75) is 60.0 Å². The molecule has 3 heteroatoms. The lowest BCUT2D eigenvalue weighted by molar-refractivity contribution is 0.240. The molecule has 0 aliphatic carbocycles. The molecule has 0 bridgehead atoms. The second kappa shape index (κ2) is 6.49. The van der Waals surface area contributed by atoms with Gasteiger partial charge >= 0.3 is 0 Å². The molecule has 0 saturated heterocycles. The fourth-order valence-electron chi connectivity index (χ4n) is 2.67. The summed E-state index contributed by atoms with van der Waals surface area (Å²) >= 11 is 0. The van der Waals surface area contributed by atoms with Crippen LogP contribution in [-0.4, -0.2) is 17.3 Å². The van der Waals surface area contributed by atoms with Crippen molar-refractivity contribution in [1.29, 1.82) is 0 Å². The Morgan fingerprint density at radius 2 is 1.80 bits per heavy atom. The Hall–Kier alpha value is -1.22. The molecule has 0 amide bonds. The Bertz CT molecular complexity index is 433. The highest BCUT2D eigenvalue weighted by Gasteiger charge is 2.24. The zero-order valence-corrected chi connectivity index (χ0v) is 13.7. The highest BCUT2D eigenvalue weighted by Crippen LogP contribution is 2.29. The summed E-state index contributed by atoms with van der Waals surface area (Å²) in [6.45, 7) is 14.4. The molecular formula is C17H29NO2. The maximum atomic E-state index is 9.70. The smallest absolute Gasteiger partial charge is 0.161 e. The lowest BCUT2D eigenvalue weighted by Gasteiger charge is -2.33. The van der Waals surface area contributed by atoms with Crippen LogP contribution in [0.15, 0.2) is 18.2 Å². The van der Waals surface area contributed by atoms with Crippen molar-refractivity contribution < 1.29 is 9.84 Å². The first-order valence-corrected chi connectivity index (χ1v) is 7.33. The molecule has 0 heterocycles. The van der Waals surface area contributed by atoms with Gasteiger partial charge in [0.15, 0.2) is 11.5 Å². The Kier molecular flexibility index (Phi) is 5.46. The van der Waals surface area contributed by atoms with Crippen molar-refractivity contribution in [3.8, 4) is 11.5 Å². The van der Waals surface area contributed by atoms with E-state index in [1.165, 1.54) is 0 Å². The third-order valence-corrected chi connectivity index (χ3v) is 3.07. The van der Waals surface area contributed by atoms with Gasteiger partial charge in [0.05, 0.1) is 6.61 Å². The first kappa shape index (κ1) is 16.8. The maximum Gasteiger partial charge on any atom is 0.161 e. The average Bonchev–Trinajstić information content (AvgIpc) is 2.27. The highest BCUT2D eigenvalue weighted by molar-refractivity contribution is 5.41. The molecular weight excluding hydrogens is 250 g/mol. The van der Waals surface area contributed by atoms with E-state index in [0.717, 1.165) is 18.5 Å². The number of phenolic OH excluding ortho intramolecular Hbond substituents is 1. The van der Waals surface area contributed by atoms with Crippen LogP contribution in [0.3, 0.4) is 0 Å². The zero-order valence-electron chi connectivity index (χ0n) is 13.7. The number of hydrogen-bond donors (Lipinski definition) is 2. The van der Waals surface area contributed by atoms with Gasteiger partial charge in [0.25, 0.3) is 0 Å². The fraction of sp³-hybridized carbons (Fsp3) is 0.647. The van der Waals surface area contributed by atoms with E-state index in [1.54, 1.807) is 6.07 Å². The maximum absolute atomic E-state index is 9.70. The number of phenols is 1. The van der Waals surface area contributed by atoms with E-state index in [0.29, 0.717) is 17.8 Å². The van der Waals surface area contributed by atoms with Crippen LogP contribution in [0.2, 0.25) is 0 Å². The van der Waals surface area contributed by atoms with E-state index in [1.807, 2.05) is 19.1 Å². The molecule has 3 nitrogen and oxygen atoms in total. The van der Waals surface area contributed by atoms with Gasteiger partial charge in [-0.15, -0.1) is 0 Å². The molecule has 1 aromatic carbocycles. The lowest BCUT2D eigenvalue weighted by Crippen LogP contribution is -2.41. The van der Waals surface area contributed by atoms with E-state index in [2.05, 4.69) is 39.9 Å². The van der Waals surface area contributed by atoms with Crippen LogP contribution in [0.1, 0.15) is 53.5 Å². The van der Waals surface area contributed by atoms with Crippen molar-refractivity contribution >= 4 is 0 Å². The van der Waals surface area contributed by atoms with Crippen LogP contribution in [-0.2, 0) is 6.54 Å². The number of aromatic hydroxyl groups is 1. The second-order valence-electron chi connectivity index (χ2n) is 7.21. The van der Waals surface area contributed by atoms with Gasteiger partial charge in [-0.1, -0.05) is 26.8 Å². The monoisotopic (exact) mass is 279 g/mol. The predicted molar refractivity (Wildman–Crippen MR) is 84.3 cm³/mol. The molecule has 0 aliphatic rings. The topological polar surface area (TPSA) is 41.5 Å². The lowest BCUT2D eigenvalue weighted by atomic mass is 9.82. The second-order valence-corrected chi connectivity index (χ2v) is 7.21. The van der Waals surface area contributed by atoms with E-state index < -0.39 is 0 Å². The number of rotatable bonds is 6. The normalized spacial score (nSPS) is 12.5. The summed E-state index contributed by atoms with van der Waals surface area (Å²) in [6.07, 6.45) is 1.09.